The number of nitrogens with zero attached hydrogens (tertiary/aromatic N) is 1. The summed E-state index contributed by atoms with van der Waals surface area (Å²) in [6.07, 6.45) is 0.712. The summed E-state index contributed by atoms with van der Waals surface area (Å²) < 4.78 is 12.9. The lowest BCUT2D eigenvalue weighted by molar-refractivity contribution is 0.572. The number of hydrogen-bond donors (Lipinski definition) is 0. The molecule has 54 valence electrons. The fourth-order valence-corrected chi connectivity index (χ4v) is 1.45. The zero-order valence-corrected chi connectivity index (χ0v) is 5.84. The molecule has 0 bridgehead atoms. The lowest BCUT2D eigenvalue weighted by Gasteiger charge is -2.24. The Kier molecular flexibility index (Phi) is 1.19. The van der Waals surface area contributed by atoms with E-state index in [1.807, 2.05) is 6.07 Å². The van der Waals surface area contributed by atoms with Gasteiger partial charge in [-0.1, -0.05) is 12.1 Å². The number of benzene rings is 1. The van der Waals surface area contributed by atoms with Crippen molar-refractivity contribution in [1.29, 1.82) is 5.26 Å². The minimum Gasteiger partial charge on any atom is -0.207 e. The zero-order valence-electron chi connectivity index (χ0n) is 5.84. The van der Waals surface area contributed by atoms with Gasteiger partial charge in [-0.25, -0.2) is 4.39 Å². The predicted octanol–water partition coefficient (Wildman–Crippen LogP) is 1.99. The second kappa shape index (κ2) is 2.06. The van der Waals surface area contributed by atoms with Crippen molar-refractivity contribution in [3.8, 4) is 6.07 Å². The number of rotatable bonds is 0. The van der Waals surface area contributed by atoms with Crippen LogP contribution in [0.2, 0.25) is 0 Å². The fourth-order valence-electron chi connectivity index (χ4n) is 1.45. The quantitative estimate of drug-likeness (QED) is 0.550. The molecule has 0 amide bonds. The standard InChI is InChI=1S/C9H6FN/c10-8-3-1-2-6-4-7(5-11)9(6)8/h1-3,7H,4H2/t7-/m0/s1. The molecule has 0 unspecified atom stereocenters. The maximum atomic E-state index is 12.9. The van der Waals surface area contributed by atoms with Crippen LogP contribution < -0.4 is 0 Å². The van der Waals surface area contributed by atoms with Crippen molar-refractivity contribution in [3.63, 3.8) is 0 Å². The third-order valence-electron chi connectivity index (χ3n) is 2.07. The molecule has 0 N–H and O–H groups in total. The van der Waals surface area contributed by atoms with Crippen LogP contribution in [0.1, 0.15) is 17.0 Å². The molecule has 2 heteroatoms. The summed E-state index contributed by atoms with van der Waals surface area (Å²) in [5, 5.41) is 8.54. The van der Waals surface area contributed by atoms with Crippen LogP contribution in [0.15, 0.2) is 18.2 Å². The highest BCUT2D eigenvalue weighted by atomic mass is 19.1. The van der Waals surface area contributed by atoms with Crippen molar-refractivity contribution in [3.05, 3.63) is 35.1 Å². The molecule has 0 radical (unpaired) electrons. The summed E-state index contributed by atoms with van der Waals surface area (Å²) in [5.74, 6) is -0.438. The van der Waals surface area contributed by atoms with Crippen molar-refractivity contribution in [2.45, 2.75) is 12.3 Å². The van der Waals surface area contributed by atoms with Crippen LogP contribution in [0.3, 0.4) is 0 Å². The molecular formula is C9H6FN. The van der Waals surface area contributed by atoms with E-state index in [2.05, 4.69) is 6.07 Å². The van der Waals surface area contributed by atoms with Gasteiger partial charge in [0.2, 0.25) is 0 Å². The van der Waals surface area contributed by atoms with E-state index >= 15 is 0 Å². The lowest BCUT2D eigenvalue weighted by Crippen LogP contribution is -2.17. The average molecular weight is 147 g/mol. The summed E-state index contributed by atoms with van der Waals surface area (Å²) >= 11 is 0. The summed E-state index contributed by atoms with van der Waals surface area (Å²) in [5.41, 5.74) is 1.59. The molecule has 1 aromatic rings. The van der Waals surface area contributed by atoms with Crippen molar-refractivity contribution >= 4 is 0 Å². The first-order valence-electron chi connectivity index (χ1n) is 3.50. The third-order valence-corrected chi connectivity index (χ3v) is 2.07. The smallest absolute Gasteiger partial charge is 0.128 e. The Bertz CT molecular complexity index is 324. The molecule has 0 aromatic heterocycles. The van der Waals surface area contributed by atoms with E-state index in [0.717, 1.165) is 5.56 Å². The minimum atomic E-state index is -0.236. The first-order valence-corrected chi connectivity index (χ1v) is 3.50. The number of hydrogen-bond acceptors (Lipinski definition) is 1. The highest BCUT2D eigenvalue weighted by molar-refractivity contribution is 5.44. The molecule has 1 atom stereocenters. The van der Waals surface area contributed by atoms with Gasteiger partial charge in [0.25, 0.3) is 0 Å². The van der Waals surface area contributed by atoms with Gasteiger partial charge in [-0.15, -0.1) is 0 Å². The van der Waals surface area contributed by atoms with E-state index in [1.165, 1.54) is 6.07 Å². The molecule has 0 saturated heterocycles. The van der Waals surface area contributed by atoms with Gasteiger partial charge in [-0.2, -0.15) is 5.26 Å². The molecule has 1 aliphatic rings. The van der Waals surface area contributed by atoms with E-state index in [1.54, 1.807) is 6.07 Å². The second-order valence-electron chi connectivity index (χ2n) is 2.70. The molecular weight excluding hydrogens is 141 g/mol. The van der Waals surface area contributed by atoms with Crippen LogP contribution in [0, 0.1) is 17.1 Å². The van der Waals surface area contributed by atoms with Crippen molar-refractivity contribution in [2.24, 2.45) is 0 Å². The third kappa shape index (κ3) is 0.743. The molecule has 2 rings (SSSR count). The van der Waals surface area contributed by atoms with Gasteiger partial charge < -0.3 is 0 Å². The number of fused-ring (bicyclic) bond motifs is 1. The van der Waals surface area contributed by atoms with Crippen LogP contribution in [0.25, 0.3) is 0 Å². The minimum absolute atomic E-state index is 0.203. The summed E-state index contributed by atoms with van der Waals surface area (Å²) in [6, 6.07) is 7.01. The summed E-state index contributed by atoms with van der Waals surface area (Å²) in [7, 11) is 0. The molecule has 0 spiro atoms. The summed E-state index contributed by atoms with van der Waals surface area (Å²) in [4.78, 5) is 0. The maximum Gasteiger partial charge on any atom is 0.128 e. The Morgan fingerprint density at radius 3 is 3.00 bits per heavy atom. The number of nitriles is 1. The predicted molar refractivity (Wildman–Crippen MR) is 38.5 cm³/mol. The molecule has 0 saturated carbocycles. The first-order chi connectivity index (χ1) is 5.33. The highest BCUT2D eigenvalue weighted by Gasteiger charge is 2.28. The second-order valence-corrected chi connectivity index (χ2v) is 2.70. The molecule has 1 nitrogen and oxygen atoms in total. The van der Waals surface area contributed by atoms with E-state index < -0.39 is 0 Å². The highest BCUT2D eigenvalue weighted by Crippen LogP contribution is 2.35. The Labute approximate surface area is 64.1 Å². The van der Waals surface area contributed by atoms with Crippen LogP contribution in [-0.2, 0) is 6.42 Å². The monoisotopic (exact) mass is 147 g/mol. The van der Waals surface area contributed by atoms with Gasteiger partial charge in [0.15, 0.2) is 0 Å². The van der Waals surface area contributed by atoms with Gasteiger partial charge >= 0.3 is 0 Å². The molecule has 11 heavy (non-hydrogen) atoms. The van der Waals surface area contributed by atoms with Crippen LogP contribution in [0.5, 0.6) is 0 Å². The number of halogens is 1. The van der Waals surface area contributed by atoms with E-state index in [-0.39, 0.29) is 11.7 Å². The molecule has 1 aromatic carbocycles. The van der Waals surface area contributed by atoms with Crippen LogP contribution in [-0.4, -0.2) is 0 Å². The van der Waals surface area contributed by atoms with Gasteiger partial charge in [-0.05, 0) is 18.1 Å². The molecule has 0 aliphatic heterocycles. The Hall–Kier alpha value is -1.36. The fraction of sp³-hybridized carbons (Fsp3) is 0.222. The molecule has 1 aliphatic carbocycles. The van der Waals surface area contributed by atoms with E-state index in [9.17, 15) is 4.39 Å². The van der Waals surface area contributed by atoms with Crippen molar-refractivity contribution in [2.75, 3.05) is 0 Å². The molecule has 0 heterocycles. The van der Waals surface area contributed by atoms with E-state index in [0.29, 0.717) is 12.0 Å². The SMILES string of the molecule is N#C[C@@H]1Cc2cccc(F)c21. The van der Waals surface area contributed by atoms with Crippen molar-refractivity contribution in [1.82, 2.24) is 0 Å². The Balaban J connectivity index is 2.53. The normalized spacial score (nSPS) is 19.8. The van der Waals surface area contributed by atoms with E-state index in [4.69, 9.17) is 5.26 Å². The van der Waals surface area contributed by atoms with Gasteiger partial charge in [0.05, 0.1) is 12.0 Å². The van der Waals surface area contributed by atoms with Crippen molar-refractivity contribution < 1.29 is 4.39 Å². The zero-order chi connectivity index (χ0) is 7.84. The van der Waals surface area contributed by atoms with Crippen LogP contribution in [0.4, 0.5) is 4.39 Å². The van der Waals surface area contributed by atoms with Crippen LogP contribution >= 0.6 is 0 Å². The average Bonchev–Trinajstić information content (AvgIpc) is 1.93. The first kappa shape index (κ1) is 6.36. The lowest BCUT2D eigenvalue weighted by atomic mass is 9.78. The van der Waals surface area contributed by atoms with Gasteiger partial charge in [0.1, 0.15) is 5.82 Å². The maximum absolute atomic E-state index is 12.9. The Morgan fingerprint density at radius 1 is 1.55 bits per heavy atom. The topological polar surface area (TPSA) is 23.8 Å². The van der Waals surface area contributed by atoms with Gasteiger partial charge in [0, 0.05) is 5.56 Å². The van der Waals surface area contributed by atoms with Gasteiger partial charge in [-0.3, -0.25) is 0 Å². The summed E-state index contributed by atoms with van der Waals surface area (Å²) in [6.45, 7) is 0. The Morgan fingerprint density at radius 2 is 2.36 bits per heavy atom. The largest absolute Gasteiger partial charge is 0.207 e. The molecule has 0 fully saturated rings.